The molecular weight excluding hydrogens is 323 g/mol. The van der Waals surface area contributed by atoms with E-state index in [2.05, 4.69) is 28.8 Å². The number of nitrogens with zero attached hydrogens (tertiary/aromatic N) is 2. The number of rotatable bonds is 9. The van der Waals surface area contributed by atoms with Crippen LogP contribution in [0.2, 0.25) is 0 Å². The topological polar surface area (TPSA) is 44.8 Å². The lowest BCUT2D eigenvalue weighted by Gasteiger charge is -2.34. The molecule has 1 fully saturated rings. The Morgan fingerprint density at radius 3 is 2.42 bits per heavy atom. The number of hydrogen-bond donors (Lipinski definition) is 1. The fourth-order valence-electron chi connectivity index (χ4n) is 2.57. The monoisotopic (exact) mass is 353 g/mol. The van der Waals surface area contributed by atoms with Gasteiger partial charge in [0.15, 0.2) is 0 Å². The van der Waals surface area contributed by atoms with Gasteiger partial charge in [-0.2, -0.15) is 13.2 Å². The van der Waals surface area contributed by atoms with Crippen molar-refractivity contribution in [1.29, 1.82) is 0 Å². The fraction of sp³-hybridized carbons (Fsp3) is 0.938. The second-order valence-electron chi connectivity index (χ2n) is 6.62. The van der Waals surface area contributed by atoms with Crippen molar-refractivity contribution in [3.63, 3.8) is 0 Å². The van der Waals surface area contributed by atoms with Crippen molar-refractivity contribution in [2.75, 3.05) is 52.5 Å². The predicted molar refractivity (Wildman–Crippen MR) is 87.0 cm³/mol. The lowest BCUT2D eigenvalue weighted by Crippen LogP contribution is -2.52. The van der Waals surface area contributed by atoms with Crippen LogP contribution in [0, 0.1) is 5.92 Å². The van der Waals surface area contributed by atoms with Gasteiger partial charge in [0.2, 0.25) is 0 Å². The third-order valence-electron chi connectivity index (χ3n) is 3.92. The van der Waals surface area contributed by atoms with Gasteiger partial charge in [0.1, 0.15) is 6.61 Å². The van der Waals surface area contributed by atoms with E-state index in [1.165, 1.54) is 0 Å². The first-order valence-corrected chi connectivity index (χ1v) is 8.67. The van der Waals surface area contributed by atoms with Crippen LogP contribution in [0.3, 0.4) is 0 Å². The van der Waals surface area contributed by atoms with E-state index >= 15 is 0 Å². The summed E-state index contributed by atoms with van der Waals surface area (Å²) in [5.74, 6) is 0.644. The normalized spacial score (nSPS) is 16.7. The van der Waals surface area contributed by atoms with Gasteiger partial charge in [-0.3, -0.25) is 4.90 Å². The first kappa shape index (κ1) is 21.0. The molecule has 1 aliphatic heterocycles. The van der Waals surface area contributed by atoms with Crippen LogP contribution in [0.15, 0.2) is 0 Å². The minimum atomic E-state index is -4.26. The number of amides is 2. The Hall–Kier alpha value is -1.02. The molecule has 1 saturated heterocycles. The molecule has 1 heterocycles. The molecule has 5 nitrogen and oxygen atoms in total. The van der Waals surface area contributed by atoms with Gasteiger partial charge in [-0.25, -0.2) is 4.79 Å². The summed E-state index contributed by atoms with van der Waals surface area (Å²) in [7, 11) is 0. The Morgan fingerprint density at radius 1 is 1.17 bits per heavy atom. The standard InChI is InChI=1S/C16H30F3N3O2/c1-14(2)5-3-6-20-15(23)22-10-8-21(9-11-22)7-4-12-24-13-16(17,18)19/h14H,3-13H2,1-2H3,(H,20,23). The van der Waals surface area contributed by atoms with Gasteiger partial charge in [-0.1, -0.05) is 13.8 Å². The average Bonchev–Trinajstić information content (AvgIpc) is 2.50. The van der Waals surface area contributed by atoms with Crippen LogP contribution < -0.4 is 5.32 Å². The van der Waals surface area contributed by atoms with Crippen LogP contribution in [-0.4, -0.2) is 74.5 Å². The summed E-state index contributed by atoms with van der Waals surface area (Å²) in [6.07, 6.45) is -1.60. The van der Waals surface area contributed by atoms with Crippen molar-refractivity contribution in [1.82, 2.24) is 15.1 Å². The SMILES string of the molecule is CC(C)CCCNC(=O)N1CCN(CCCOCC(F)(F)F)CC1. The van der Waals surface area contributed by atoms with Crippen molar-refractivity contribution in [3.8, 4) is 0 Å². The second-order valence-corrected chi connectivity index (χ2v) is 6.62. The van der Waals surface area contributed by atoms with Gasteiger partial charge in [0.05, 0.1) is 0 Å². The molecule has 24 heavy (non-hydrogen) atoms. The number of carbonyl (C=O) groups is 1. The molecule has 1 rings (SSSR count). The minimum Gasteiger partial charge on any atom is -0.372 e. The number of carbonyl (C=O) groups excluding carboxylic acids is 1. The highest BCUT2D eigenvalue weighted by Gasteiger charge is 2.27. The number of urea groups is 1. The molecule has 2 amide bonds. The maximum atomic E-state index is 12.0. The zero-order valence-electron chi connectivity index (χ0n) is 14.7. The third kappa shape index (κ3) is 9.97. The van der Waals surface area contributed by atoms with E-state index in [-0.39, 0.29) is 12.6 Å². The number of ether oxygens (including phenoxy) is 1. The Morgan fingerprint density at radius 2 is 1.83 bits per heavy atom. The molecule has 8 heteroatoms. The van der Waals surface area contributed by atoms with Crippen LogP contribution in [0.5, 0.6) is 0 Å². The summed E-state index contributed by atoms with van der Waals surface area (Å²) in [5, 5.41) is 2.94. The van der Waals surface area contributed by atoms with E-state index in [1.807, 2.05) is 0 Å². The second kappa shape index (κ2) is 10.8. The van der Waals surface area contributed by atoms with E-state index in [0.717, 1.165) is 25.9 Å². The molecule has 142 valence electrons. The molecule has 0 unspecified atom stereocenters. The zero-order valence-corrected chi connectivity index (χ0v) is 14.7. The van der Waals surface area contributed by atoms with Crippen LogP contribution in [0.1, 0.15) is 33.1 Å². The van der Waals surface area contributed by atoms with E-state index in [0.29, 0.717) is 38.5 Å². The Balaban J connectivity index is 2.05. The average molecular weight is 353 g/mol. The van der Waals surface area contributed by atoms with Crippen LogP contribution >= 0.6 is 0 Å². The van der Waals surface area contributed by atoms with Crippen molar-refractivity contribution in [2.24, 2.45) is 5.92 Å². The Labute approximate surface area is 142 Å². The lowest BCUT2D eigenvalue weighted by molar-refractivity contribution is -0.174. The molecular formula is C16H30F3N3O2. The number of halogens is 3. The van der Waals surface area contributed by atoms with E-state index in [4.69, 9.17) is 0 Å². The molecule has 0 radical (unpaired) electrons. The van der Waals surface area contributed by atoms with Gasteiger partial charge < -0.3 is 15.0 Å². The van der Waals surface area contributed by atoms with Crippen LogP contribution in [0.4, 0.5) is 18.0 Å². The van der Waals surface area contributed by atoms with Crippen LogP contribution in [0.25, 0.3) is 0 Å². The number of nitrogens with one attached hydrogen (secondary N) is 1. The first-order valence-electron chi connectivity index (χ1n) is 8.67. The molecule has 1 N–H and O–H groups in total. The van der Waals surface area contributed by atoms with Crippen LogP contribution in [-0.2, 0) is 4.74 Å². The minimum absolute atomic E-state index is 0.0214. The third-order valence-corrected chi connectivity index (χ3v) is 3.92. The molecule has 0 spiro atoms. The summed E-state index contributed by atoms with van der Waals surface area (Å²) in [6, 6.07) is -0.0214. The van der Waals surface area contributed by atoms with Gasteiger partial charge in [0.25, 0.3) is 0 Å². The van der Waals surface area contributed by atoms with Crippen molar-refractivity contribution < 1.29 is 22.7 Å². The maximum Gasteiger partial charge on any atom is 0.411 e. The molecule has 0 aliphatic carbocycles. The molecule has 0 atom stereocenters. The summed E-state index contributed by atoms with van der Waals surface area (Å²) in [5.41, 5.74) is 0. The predicted octanol–water partition coefficient (Wildman–Crippen LogP) is 2.72. The number of hydrogen-bond acceptors (Lipinski definition) is 3. The van der Waals surface area contributed by atoms with Gasteiger partial charge in [-0.05, 0) is 25.2 Å². The maximum absolute atomic E-state index is 12.0. The molecule has 0 aromatic carbocycles. The van der Waals surface area contributed by atoms with E-state index in [9.17, 15) is 18.0 Å². The molecule has 0 aromatic rings. The van der Waals surface area contributed by atoms with Crippen molar-refractivity contribution >= 4 is 6.03 Å². The quantitative estimate of drug-likeness (QED) is 0.648. The number of piperazine rings is 1. The first-order chi connectivity index (χ1) is 11.3. The molecule has 0 aromatic heterocycles. The van der Waals surface area contributed by atoms with Crippen molar-refractivity contribution in [2.45, 2.75) is 39.3 Å². The summed E-state index contributed by atoms with van der Waals surface area (Å²) >= 11 is 0. The smallest absolute Gasteiger partial charge is 0.372 e. The zero-order chi connectivity index (χ0) is 18.0. The van der Waals surface area contributed by atoms with E-state index < -0.39 is 12.8 Å². The highest BCUT2D eigenvalue weighted by Crippen LogP contribution is 2.14. The molecule has 0 bridgehead atoms. The summed E-state index contributed by atoms with van der Waals surface area (Å²) in [4.78, 5) is 16.0. The highest BCUT2D eigenvalue weighted by molar-refractivity contribution is 5.74. The van der Waals surface area contributed by atoms with Gasteiger partial charge in [0, 0.05) is 45.9 Å². The Kier molecular flexibility index (Phi) is 9.43. The largest absolute Gasteiger partial charge is 0.411 e. The van der Waals surface area contributed by atoms with Crippen molar-refractivity contribution in [3.05, 3.63) is 0 Å². The molecule has 0 saturated carbocycles. The summed E-state index contributed by atoms with van der Waals surface area (Å²) in [6.45, 7) is 7.45. The van der Waals surface area contributed by atoms with Gasteiger partial charge in [-0.15, -0.1) is 0 Å². The number of alkyl halides is 3. The van der Waals surface area contributed by atoms with E-state index in [1.54, 1.807) is 4.90 Å². The highest BCUT2D eigenvalue weighted by atomic mass is 19.4. The summed E-state index contributed by atoms with van der Waals surface area (Å²) < 4.78 is 40.4. The lowest BCUT2D eigenvalue weighted by atomic mass is 10.1. The molecule has 1 aliphatic rings. The van der Waals surface area contributed by atoms with Gasteiger partial charge >= 0.3 is 12.2 Å². The Bertz CT molecular complexity index is 357. The fourth-order valence-corrected chi connectivity index (χ4v) is 2.57.